The Labute approximate surface area is 194 Å². The van der Waals surface area contributed by atoms with Gasteiger partial charge in [-0.3, -0.25) is 0 Å². The van der Waals surface area contributed by atoms with E-state index in [9.17, 15) is 0 Å². The summed E-state index contributed by atoms with van der Waals surface area (Å²) in [7, 11) is 1.84. The quantitative estimate of drug-likeness (QED) is 0.585. The zero-order chi connectivity index (χ0) is 22.0. The average molecular weight is 487 g/mol. The summed E-state index contributed by atoms with van der Waals surface area (Å²) in [6, 6.07) is 21.5. The van der Waals surface area contributed by atoms with Crippen molar-refractivity contribution in [2.45, 2.75) is 69.3 Å². The summed E-state index contributed by atoms with van der Waals surface area (Å²) in [5.74, 6) is 1.84. The van der Waals surface area contributed by atoms with Gasteiger partial charge in [-0.1, -0.05) is 0 Å². The van der Waals surface area contributed by atoms with E-state index in [4.69, 9.17) is 9.47 Å². The number of methoxy groups -OCH3 is 1. The van der Waals surface area contributed by atoms with Crippen molar-refractivity contribution >= 4 is 19.4 Å². The minimum atomic E-state index is -0.0330. The molecule has 31 heavy (non-hydrogen) atoms. The molecule has 4 heteroatoms. The second-order valence-electron chi connectivity index (χ2n) is 9.87. The molecule has 1 aliphatic heterocycles. The van der Waals surface area contributed by atoms with Crippen LogP contribution in [0.2, 0.25) is 4.82 Å². The van der Waals surface area contributed by atoms with Crippen LogP contribution in [0.25, 0.3) is 0 Å². The molecule has 0 amide bonds. The van der Waals surface area contributed by atoms with Crippen molar-refractivity contribution in [3.8, 4) is 0 Å². The van der Waals surface area contributed by atoms with Gasteiger partial charge in [0.25, 0.3) is 0 Å². The summed E-state index contributed by atoms with van der Waals surface area (Å²) in [6.45, 7) is 9.53. The zero-order valence-electron chi connectivity index (χ0n) is 19.5. The molecule has 0 unspecified atom stereocenters. The number of fused-ring (bicyclic) bond motifs is 1. The molecule has 1 aliphatic carbocycles. The Morgan fingerprint density at radius 2 is 1.65 bits per heavy atom. The van der Waals surface area contributed by atoms with Gasteiger partial charge in [-0.25, -0.2) is 0 Å². The molecule has 168 valence electrons. The molecule has 0 aromatic heterocycles. The number of rotatable bonds is 6. The first-order valence-electron chi connectivity index (χ1n) is 11.6. The molecule has 3 nitrogen and oxygen atoms in total. The molecule has 2 aromatic carbocycles. The Bertz CT molecular complexity index is 828. The molecular formula is C27H37NO2Se. The Morgan fingerprint density at radius 1 is 1.00 bits per heavy atom. The van der Waals surface area contributed by atoms with E-state index in [1.54, 1.807) is 0 Å². The minimum absolute atomic E-state index is 0.0115. The summed E-state index contributed by atoms with van der Waals surface area (Å²) in [6.07, 6.45) is 2.79. The third kappa shape index (κ3) is 4.94. The van der Waals surface area contributed by atoms with Crippen molar-refractivity contribution in [3.05, 3.63) is 66.2 Å². The topological polar surface area (TPSA) is 30.5 Å². The van der Waals surface area contributed by atoms with E-state index >= 15 is 0 Å². The molecule has 7 atom stereocenters. The fraction of sp³-hybridized carbons (Fsp3) is 0.556. The van der Waals surface area contributed by atoms with Gasteiger partial charge in [-0.05, 0) is 0 Å². The number of nitrogens with one attached hydrogen (secondary N) is 1. The second kappa shape index (κ2) is 9.77. The Morgan fingerprint density at radius 3 is 2.29 bits per heavy atom. The van der Waals surface area contributed by atoms with Gasteiger partial charge in [-0.2, -0.15) is 0 Å². The maximum atomic E-state index is 6.97. The molecule has 4 rings (SSSR count). The van der Waals surface area contributed by atoms with Crippen LogP contribution in [-0.4, -0.2) is 39.9 Å². The van der Waals surface area contributed by atoms with Crippen molar-refractivity contribution in [3.63, 3.8) is 0 Å². The van der Waals surface area contributed by atoms with Crippen LogP contribution in [-0.2, 0) is 9.47 Å². The summed E-state index contributed by atoms with van der Waals surface area (Å²) < 4.78 is 14.5. The molecule has 0 radical (unpaired) electrons. The summed E-state index contributed by atoms with van der Waals surface area (Å²) >= 11 is 0.196. The van der Waals surface area contributed by atoms with Gasteiger partial charge < -0.3 is 0 Å². The number of ether oxygens (including phenoxy) is 2. The van der Waals surface area contributed by atoms with E-state index in [1.807, 2.05) is 7.11 Å². The van der Waals surface area contributed by atoms with Crippen LogP contribution in [0.1, 0.15) is 52.2 Å². The van der Waals surface area contributed by atoms with Gasteiger partial charge >= 0.3 is 195 Å². The summed E-state index contributed by atoms with van der Waals surface area (Å²) in [5, 5.41) is 3.95. The molecule has 0 bridgehead atoms. The van der Waals surface area contributed by atoms with Crippen LogP contribution < -0.4 is 9.78 Å². The molecule has 1 N–H and O–H groups in total. The van der Waals surface area contributed by atoms with E-state index in [2.05, 4.69) is 93.7 Å². The van der Waals surface area contributed by atoms with Crippen molar-refractivity contribution < 1.29 is 9.47 Å². The fourth-order valence-corrected chi connectivity index (χ4v) is 8.11. The molecule has 1 saturated heterocycles. The molecule has 2 aliphatic rings. The van der Waals surface area contributed by atoms with Crippen LogP contribution in [0.15, 0.2) is 60.7 Å². The van der Waals surface area contributed by atoms with Crippen LogP contribution in [0, 0.1) is 17.8 Å². The Balaban J connectivity index is 1.68. The molecule has 1 saturated carbocycles. The standard InChI is InChI=1S/C27H37NO2Se/c1-18-16-17-22-23(19(18)2)30-26(28-27(22,3)4)25(31-21-14-10-7-11-15-21)24(29-5)20-12-8-6-9-13-20/h6-15,18-19,22-26,28H,16-17H2,1-5H3/t18-,19+,22-,23-,24-,25-,26+/m1/s1. The fourth-order valence-electron chi connectivity index (χ4n) is 5.43. The number of hydrogen-bond donors (Lipinski definition) is 1. The number of hydrogen-bond acceptors (Lipinski definition) is 3. The first kappa shape index (κ1) is 23.0. The molecule has 1 heterocycles. The third-order valence-electron chi connectivity index (χ3n) is 7.48. The zero-order valence-corrected chi connectivity index (χ0v) is 21.2. The van der Waals surface area contributed by atoms with E-state index in [1.165, 1.54) is 22.9 Å². The van der Waals surface area contributed by atoms with Gasteiger partial charge in [0.2, 0.25) is 0 Å². The van der Waals surface area contributed by atoms with E-state index in [-0.39, 0.29) is 37.6 Å². The Hall–Kier alpha value is -1.16. The predicted molar refractivity (Wildman–Crippen MR) is 129 cm³/mol. The first-order chi connectivity index (χ1) is 14.9. The van der Waals surface area contributed by atoms with Crippen LogP contribution >= 0.6 is 0 Å². The van der Waals surface area contributed by atoms with Crippen LogP contribution in [0.3, 0.4) is 0 Å². The average Bonchev–Trinajstić information content (AvgIpc) is 2.77. The predicted octanol–water partition coefficient (Wildman–Crippen LogP) is 4.97. The molecule has 2 fully saturated rings. The summed E-state index contributed by atoms with van der Waals surface area (Å²) in [5.41, 5.74) is 1.27. The van der Waals surface area contributed by atoms with Crippen molar-refractivity contribution in [1.29, 1.82) is 0 Å². The molecule has 2 aromatic rings. The van der Waals surface area contributed by atoms with Crippen LogP contribution in [0.4, 0.5) is 0 Å². The summed E-state index contributed by atoms with van der Waals surface area (Å²) in [4.78, 5) is 0.229. The monoisotopic (exact) mass is 487 g/mol. The van der Waals surface area contributed by atoms with Gasteiger partial charge in [0.05, 0.1) is 0 Å². The molecular weight excluding hydrogens is 449 g/mol. The molecule has 0 spiro atoms. The first-order valence-corrected chi connectivity index (χ1v) is 13.5. The van der Waals surface area contributed by atoms with Gasteiger partial charge in [0, 0.05) is 0 Å². The van der Waals surface area contributed by atoms with Crippen molar-refractivity contribution in [1.82, 2.24) is 5.32 Å². The van der Waals surface area contributed by atoms with Crippen LogP contribution in [0.5, 0.6) is 0 Å². The van der Waals surface area contributed by atoms with Gasteiger partial charge in [0.1, 0.15) is 0 Å². The van der Waals surface area contributed by atoms with E-state index in [0.29, 0.717) is 23.9 Å². The van der Waals surface area contributed by atoms with Crippen molar-refractivity contribution in [2.24, 2.45) is 17.8 Å². The third-order valence-corrected chi connectivity index (χ3v) is 10.2. The van der Waals surface area contributed by atoms with E-state index in [0.717, 1.165) is 0 Å². The maximum absolute atomic E-state index is 6.97. The van der Waals surface area contributed by atoms with E-state index < -0.39 is 0 Å². The van der Waals surface area contributed by atoms with Gasteiger partial charge in [-0.15, -0.1) is 0 Å². The number of benzene rings is 2. The normalized spacial score (nSPS) is 32.1. The van der Waals surface area contributed by atoms with Gasteiger partial charge in [0.15, 0.2) is 0 Å². The van der Waals surface area contributed by atoms with Crippen molar-refractivity contribution in [2.75, 3.05) is 7.11 Å². The Kier molecular flexibility index (Phi) is 7.25. The second-order valence-corrected chi connectivity index (χ2v) is 12.5. The SMILES string of the molecule is CO[C@H](c1ccccc1)[C@@H]([Se]c1ccccc1)[C@H]1NC(C)(C)[C@@H]2CC[C@@H](C)[C@H](C)[C@H]2O1.